The van der Waals surface area contributed by atoms with Gasteiger partial charge in [-0.3, -0.25) is 14.3 Å². The third-order valence-corrected chi connectivity index (χ3v) is 27.2. The second-order valence-corrected chi connectivity index (χ2v) is 40.7. The number of allylic oxidation sites excluding steroid dienone is 4. The molecule has 9 aliphatic rings. The minimum atomic E-state index is -0.316. The van der Waals surface area contributed by atoms with Crippen molar-refractivity contribution in [3.63, 3.8) is 0 Å². The number of hydrogen-bond acceptors (Lipinski definition) is 6. The molecule has 7 aromatic carbocycles. The van der Waals surface area contributed by atoms with Gasteiger partial charge in [0.15, 0.2) is 0 Å². The molecule has 12 atom stereocenters. The van der Waals surface area contributed by atoms with Crippen molar-refractivity contribution in [2.45, 2.75) is 258 Å². The normalized spacial score (nSPS) is 25.3. The summed E-state index contributed by atoms with van der Waals surface area (Å²) >= 11 is 0. The lowest BCUT2D eigenvalue weighted by atomic mass is 9.47. The highest BCUT2D eigenvalue weighted by molar-refractivity contribution is 6.32. The van der Waals surface area contributed by atoms with E-state index >= 15 is 0 Å². The largest absolute Gasteiger partial charge is 0.446 e. The molecule has 115 heavy (non-hydrogen) atoms. The summed E-state index contributed by atoms with van der Waals surface area (Å²) < 4.78 is 7.59. The topological polar surface area (TPSA) is 127 Å². The Morgan fingerprint density at radius 3 is 1.76 bits per heavy atom. The predicted molar refractivity (Wildman–Crippen MR) is 482 cm³/mol. The van der Waals surface area contributed by atoms with E-state index in [0.717, 1.165) is 98.0 Å². The lowest BCUT2D eigenvalue weighted by Crippen LogP contribution is -2.51. The predicted octanol–water partition coefficient (Wildman–Crippen LogP) is 24.8. The Hall–Kier alpha value is -8.65. The Morgan fingerprint density at radius 1 is 0.609 bits per heavy atom. The minimum Gasteiger partial charge on any atom is -0.446 e. The number of carbonyl (C=O) groups excluding carboxylic acids is 3. The van der Waals surface area contributed by atoms with Crippen LogP contribution in [-0.4, -0.2) is 58.6 Å². The lowest BCUT2D eigenvalue weighted by molar-refractivity contribution is -0.137. The van der Waals surface area contributed by atoms with Gasteiger partial charge in [0.05, 0.1) is 30.7 Å². The molecular weight excluding hydrogens is 1410 g/mol. The molecule has 0 spiro atoms. The van der Waals surface area contributed by atoms with Crippen LogP contribution in [0.4, 0.5) is 4.79 Å². The molecule has 3 N–H and O–H groups in total. The summed E-state index contributed by atoms with van der Waals surface area (Å²) in [7, 11) is 1.88. The van der Waals surface area contributed by atoms with Gasteiger partial charge >= 0.3 is 6.09 Å². The van der Waals surface area contributed by atoms with E-state index in [9.17, 15) is 14.4 Å². The zero-order chi connectivity index (χ0) is 82.4. The average molecular weight is 1550 g/mol. The second-order valence-electron chi connectivity index (χ2n) is 40.7. The first kappa shape index (κ1) is 85.7. The van der Waals surface area contributed by atoms with Crippen molar-refractivity contribution in [3.05, 3.63) is 156 Å². The molecule has 0 saturated heterocycles. The zero-order valence-corrected chi connectivity index (χ0v) is 73.5. The number of nitrogens with one attached hydrogen (secondary N) is 3. The van der Waals surface area contributed by atoms with Crippen LogP contribution in [0, 0.1) is 121 Å². The van der Waals surface area contributed by atoms with Crippen LogP contribution >= 0.6 is 0 Å². The summed E-state index contributed by atoms with van der Waals surface area (Å²) in [5.41, 5.74) is 9.41. The Balaban J connectivity index is 0.000000136. The highest BCUT2D eigenvalue weighted by atomic mass is 16.6. The summed E-state index contributed by atoms with van der Waals surface area (Å²) in [5, 5.41) is 30.2. The standard InChI is InChI=1S/C35H57NO2.C20H12.C18H27NO.C16H12.C9H15NO.C7H13N3/c1-24(2)11-9-12-25(3)29-15-16-30-28-14-13-26-23-27(38-32(37)36-22-10-19-33(4,5)6)17-20-34(26,7)31(28)18-21-35(29,30)8;1-5-13-6-2-11-17-18-12-4-8-14-7-3-10-16(20(14)18)15(9-1)19(13)17;1-17(2,3)7-4-8-19-16(20)18-11-13-5-6-15(18)10-14(9-13)12-18;1-3-11-7-9-13-5-2-6-14-10-8-12(4-1)15(11)16(13)14;1-8(11)10-7-5-6-9(2,3)4;1-7(2,3)6-5-10(4)9-8-6/h13,24-25,27-31H,9,11-12,14-18,20-23H2,1-8H3,(H,36,37);1-12H;13-15H,5-6,8-12H2,1-3H3,(H,19,20);1-5,7,9-10H,6,8H2;7H2,1-4H3,(H,10,11);5H,1-4H3/t25?,27?,28-,29+,30-,31-,34-,35+;;;;;/m0...../s1. The van der Waals surface area contributed by atoms with Crippen molar-refractivity contribution in [1.29, 1.82) is 0 Å². The van der Waals surface area contributed by atoms with Gasteiger partial charge in [0.1, 0.15) is 6.10 Å². The van der Waals surface area contributed by atoms with Gasteiger partial charge in [0, 0.05) is 48.2 Å². The van der Waals surface area contributed by atoms with Crippen LogP contribution in [0.25, 0.3) is 65.5 Å². The molecule has 6 saturated carbocycles. The maximum absolute atomic E-state index is 12.7. The summed E-state index contributed by atoms with van der Waals surface area (Å²) in [4.78, 5) is 35.5. The first-order valence-corrected chi connectivity index (χ1v) is 44.0. The van der Waals surface area contributed by atoms with E-state index in [1.54, 1.807) is 10.3 Å². The summed E-state index contributed by atoms with van der Waals surface area (Å²) in [6.07, 6.45) is 35.1. The fraction of sp³-hybridized carbons (Fsp3) is 0.552. The zero-order valence-electron chi connectivity index (χ0n) is 73.5. The van der Waals surface area contributed by atoms with Crippen LogP contribution in [0.5, 0.6) is 0 Å². The molecule has 0 radical (unpaired) electrons. The van der Waals surface area contributed by atoms with Crippen LogP contribution in [0.1, 0.15) is 263 Å². The van der Waals surface area contributed by atoms with E-state index in [2.05, 4.69) is 286 Å². The summed E-state index contributed by atoms with van der Waals surface area (Å²) in [6.45, 7) is 40.3. The minimum absolute atomic E-state index is 0.00198. The molecule has 6 fully saturated rings. The van der Waals surface area contributed by atoms with Crippen LogP contribution in [0.15, 0.2) is 133 Å². The smallest absolute Gasteiger partial charge is 0.408 e. The first-order chi connectivity index (χ1) is 54.5. The lowest BCUT2D eigenvalue weighted by Gasteiger charge is -2.58. The first-order valence-electron chi connectivity index (χ1n) is 44.0. The van der Waals surface area contributed by atoms with Crippen molar-refractivity contribution in [2.75, 3.05) is 19.6 Å². The van der Waals surface area contributed by atoms with Crippen LogP contribution in [0.2, 0.25) is 0 Å². The van der Waals surface area contributed by atoms with E-state index in [1.807, 2.05) is 34.0 Å². The van der Waals surface area contributed by atoms with E-state index in [0.29, 0.717) is 42.3 Å². The number of benzene rings is 7. The van der Waals surface area contributed by atoms with Gasteiger partial charge in [-0.1, -0.05) is 255 Å². The van der Waals surface area contributed by atoms with Gasteiger partial charge < -0.3 is 20.7 Å². The molecule has 10 nitrogen and oxygen atoms in total. The molecule has 610 valence electrons. The van der Waals surface area contributed by atoms with Crippen molar-refractivity contribution in [1.82, 2.24) is 30.9 Å². The Labute approximate surface area is 691 Å². The Morgan fingerprint density at radius 2 is 1.19 bits per heavy atom. The van der Waals surface area contributed by atoms with Gasteiger partial charge in [-0.2, -0.15) is 0 Å². The van der Waals surface area contributed by atoms with Crippen molar-refractivity contribution >= 4 is 83.4 Å². The Kier molecular flexibility index (Phi) is 26.6. The third-order valence-electron chi connectivity index (χ3n) is 27.2. The van der Waals surface area contributed by atoms with Gasteiger partial charge in [-0.15, -0.1) is 5.10 Å². The number of nitrogens with zero attached hydrogens (tertiary/aromatic N) is 3. The molecule has 1 aromatic heterocycles. The SMILES string of the molecule is C1=Cc2ccc3cccc4c3c2C(=CC4)C1.CC(=O)NCC#CC(C)(C)C.CC(C)(C)C#CCNC(=O)C12CC3CCC1CC(C3)C2.CC(C)CCCC(C)[C@H]1CC[C@H]2[C@@H]3CC=C4CC(OC(=O)NCC#CC(C)(C)C)CC[C@]4(C)[C@H]3CC[C@]12C.Cn1cc(C(C)(C)C)nn1.c1cc2cccc3c4cccc5cccc(c(c1)c23)c54. The number of aryl methyl sites for hydroxylation is 1. The van der Waals surface area contributed by atoms with Crippen molar-refractivity contribution < 1.29 is 19.1 Å². The van der Waals surface area contributed by atoms with Crippen LogP contribution < -0.4 is 16.0 Å². The van der Waals surface area contributed by atoms with Crippen molar-refractivity contribution in [3.8, 4) is 35.5 Å². The molecule has 10 heteroatoms. The third kappa shape index (κ3) is 20.3. The Bertz CT molecular complexity index is 4930. The number of carbonyl (C=O) groups is 3. The average Bonchev–Trinajstić information content (AvgIpc) is 1.72. The molecule has 8 aromatic rings. The maximum Gasteiger partial charge on any atom is 0.408 e. The molecule has 0 aliphatic heterocycles. The van der Waals surface area contributed by atoms with Crippen molar-refractivity contribution in [2.24, 2.45) is 92.8 Å². The number of amides is 3. The van der Waals surface area contributed by atoms with Gasteiger partial charge in [-0.05, 0) is 292 Å². The number of fused-ring (bicyclic) bond motifs is 9. The number of aromatic nitrogens is 3. The van der Waals surface area contributed by atoms with Crippen LogP contribution in [0.3, 0.4) is 0 Å². The number of alkyl carbamates (subject to hydrolysis) is 1. The summed E-state index contributed by atoms with van der Waals surface area (Å²) in [6, 6.07) is 37.6. The maximum atomic E-state index is 12.7. The monoisotopic (exact) mass is 1550 g/mol. The van der Waals surface area contributed by atoms with Gasteiger partial charge in [-0.25, -0.2) is 4.79 Å². The quantitative estimate of drug-likeness (QED) is 0.0542. The molecule has 1 heterocycles. The fourth-order valence-corrected chi connectivity index (χ4v) is 22.0. The number of ether oxygens (including phenoxy) is 1. The fourth-order valence-electron chi connectivity index (χ4n) is 22.0. The van der Waals surface area contributed by atoms with E-state index < -0.39 is 0 Å². The number of rotatable bonds is 10. The van der Waals surface area contributed by atoms with Gasteiger partial charge in [0.2, 0.25) is 11.8 Å². The van der Waals surface area contributed by atoms with Gasteiger partial charge in [0.25, 0.3) is 0 Å². The molecular formula is C105H136N6O4. The highest BCUT2D eigenvalue weighted by Crippen LogP contribution is 2.68. The molecule has 3 bridgehead atoms. The second kappa shape index (κ2) is 35.7. The summed E-state index contributed by atoms with van der Waals surface area (Å²) in [5.74, 6) is 26.1. The molecule has 6 unspecified atom stereocenters. The molecule has 17 rings (SSSR count). The molecule has 3 amide bonds. The molecule has 9 aliphatic carbocycles. The van der Waals surface area contributed by atoms with E-state index in [4.69, 9.17) is 4.74 Å². The van der Waals surface area contributed by atoms with E-state index in [1.165, 1.54) is 160 Å². The van der Waals surface area contributed by atoms with Crippen LogP contribution in [-0.2, 0) is 33.2 Å². The van der Waals surface area contributed by atoms with E-state index in [-0.39, 0.29) is 45.2 Å². The highest BCUT2D eigenvalue weighted by Gasteiger charge is 2.60. The number of hydrogen-bond donors (Lipinski definition) is 3.